The summed E-state index contributed by atoms with van der Waals surface area (Å²) in [5, 5.41) is 2.86. The number of nitrogens with one attached hydrogen (secondary N) is 1. The van der Waals surface area contributed by atoms with Gasteiger partial charge in [-0.1, -0.05) is 48.5 Å². The summed E-state index contributed by atoms with van der Waals surface area (Å²) in [5.74, 6) is 0.806. The molecule has 174 valence electrons. The van der Waals surface area contributed by atoms with Gasteiger partial charge in [0.05, 0.1) is 18.9 Å². The van der Waals surface area contributed by atoms with Gasteiger partial charge in [0.2, 0.25) is 5.89 Å². The highest BCUT2D eigenvalue weighted by Gasteiger charge is 2.17. The maximum absolute atomic E-state index is 12.9. The van der Waals surface area contributed by atoms with Crippen LogP contribution in [0, 0.1) is 0 Å². The van der Waals surface area contributed by atoms with Crippen molar-refractivity contribution in [2.75, 3.05) is 13.7 Å². The molecule has 0 spiro atoms. The lowest BCUT2D eigenvalue weighted by Crippen LogP contribution is -2.26. The Bertz CT molecular complexity index is 1260. The van der Waals surface area contributed by atoms with Crippen molar-refractivity contribution in [3.8, 4) is 34.3 Å². The van der Waals surface area contributed by atoms with Crippen molar-refractivity contribution in [2.45, 2.75) is 13.0 Å². The van der Waals surface area contributed by atoms with E-state index < -0.39 is 6.61 Å². The van der Waals surface area contributed by atoms with Crippen molar-refractivity contribution in [2.24, 2.45) is 0 Å². The number of oxazole rings is 1. The van der Waals surface area contributed by atoms with Crippen LogP contribution in [0.25, 0.3) is 22.8 Å². The summed E-state index contributed by atoms with van der Waals surface area (Å²) in [7, 11) is 1.38. The second-order valence-corrected chi connectivity index (χ2v) is 7.31. The van der Waals surface area contributed by atoms with E-state index in [2.05, 4.69) is 15.0 Å². The number of benzene rings is 3. The number of ether oxygens (including phenoxy) is 2. The molecule has 0 unspecified atom stereocenters. The van der Waals surface area contributed by atoms with E-state index in [1.807, 2.05) is 30.3 Å². The van der Waals surface area contributed by atoms with E-state index in [0.717, 1.165) is 5.56 Å². The molecule has 1 aromatic heterocycles. The van der Waals surface area contributed by atoms with Crippen LogP contribution >= 0.6 is 0 Å². The van der Waals surface area contributed by atoms with Crippen molar-refractivity contribution < 1.29 is 27.5 Å². The monoisotopic (exact) mass is 464 g/mol. The van der Waals surface area contributed by atoms with Crippen LogP contribution in [0.2, 0.25) is 0 Å². The normalized spacial score (nSPS) is 10.8. The zero-order valence-corrected chi connectivity index (χ0v) is 18.3. The van der Waals surface area contributed by atoms with E-state index in [0.29, 0.717) is 34.8 Å². The summed E-state index contributed by atoms with van der Waals surface area (Å²) < 4.78 is 40.7. The SMILES string of the molecule is COc1ccc(CCNC(=O)c2ccccc2-c2ncc(-c3ccccc3)o2)cc1OC(F)F. The number of nitrogens with zero attached hydrogens (tertiary/aromatic N) is 1. The van der Waals surface area contributed by atoms with Crippen molar-refractivity contribution >= 4 is 5.91 Å². The molecule has 0 fully saturated rings. The first-order chi connectivity index (χ1) is 16.5. The molecule has 1 amide bonds. The quantitative estimate of drug-likeness (QED) is 0.350. The van der Waals surface area contributed by atoms with E-state index in [9.17, 15) is 13.6 Å². The molecule has 0 aliphatic carbocycles. The largest absolute Gasteiger partial charge is 0.493 e. The third-order valence-electron chi connectivity index (χ3n) is 5.11. The van der Waals surface area contributed by atoms with Crippen LogP contribution in [-0.4, -0.2) is 31.2 Å². The van der Waals surface area contributed by atoms with Gasteiger partial charge in [0, 0.05) is 17.7 Å². The van der Waals surface area contributed by atoms with Crippen LogP contribution in [0.15, 0.2) is 83.4 Å². The summed E-state index contributed by atoms with van der Waals surface area (Å²) >= 11 is 0. The van der Waals surface area contributed by atoms with Gasteiger partial charge in [-0.15, -0.1) is 0 Å². The Morgan fingerprint density at radius 2 is 1.79 bits per heavy atom. The van der Waals surface area contributed by atoms with Gasteiger partial charge in [-0.25, -0.2) is 4.98 Å². The van der Waals surface area contributed by atoms with Crippen LogP contribution in [0.1, 0.15) is 15.9 Å². The van der Waals surface area contributed by atoms with Crippen LogP contribution in [0.3, 0.4) is 0 Å². The number of carbonyl (C=O) groups is 1. The summed E-state index contributed by atoms with van der Waals surface area (Å²) in [6, 6.07) is 21.4. The fourth-order valence-corrected chi connectivity index (χ4v) is 3.48. The number of rotatable bonds is 9. The first-order valence-electron chi connectivity index (χ1n) is 10.6. The summed E-state index contributed by atoms with van der Waals surface area (Å²) in [6.07, 6.45) is 2.04. The molecule has 1 heterocycles. The predicted octanol–water partition coefficient (Wildman–Crippen LogP) is 5.59. The number of carbonyl (C=O) groups excluding carboxylic acids is 1. The van der Waals surface area contributed by atoms with Gasteiger partial charge in [0.15, 0.2) is 17.3 Å². The topological polar surface area (TPSA) is 73.6 Å². The second-order valence-electron chi connectivity index (χ2n) is 7.31. The lowest BCUT2D eigenvalue weighted by atomic mass is 10.1. The van der Waals surface area contributed by atoms with Gasteiger partial charge >= 0.3 is 6.61 Å². The molecule has 8 heteroatoms. The highest BCUT2D eigenvalue weighted by atomic mass is 19.3. The molecule has 0 aliphatic rings. The zero-order valence-electron chi connectivity index (χ0n) is 18.3. The van der Waals surface area contributed by atoms with Crippen molar-refractivity contribution in [1.29, 1.82) is 0 Å². The molecule has 3 aromatic carbocycles. The Balaban J connectivity index is 1.45. The standard InChI is InChI=1S/C26H22F2N2O4/c1-32-21-12-11-17(15-22(21)34-26(27)28)13-14-29-24(31)19-9-5-6-10-20(19)25-30-16-23(33-25)18-7-3-2-4-8-18/h2-12,15-16,26H,13-14H2,1H3,(H,29,31). The number of aromatic nitrogens is 1. The van der Waals surface area contributed by atoms with Gasteiger partial charge < -0.3 is 19.2 Å². The molecule has 4 rings (SSSR count). The van der Waals surface area contributed by atoms with Gasteiger partial charge in [0.25, 0.3) is 5.91 Å². The van der Waals surface area contributed by atoms with Crippen molar-refractivity contribution in [1.82, 2.24) is 10.3 Å². The smallest absolute Gasteiger partial charge is 0.387 e. The Morgan fingerprint density at radius 1 is 1.03 bits per heavy atom. The maximum Gasteiger partial charge on any atom is 0.387 e. The van der Waals surface area contributed by atoms with Gasteiger partial charge in [0.1, 0.15) is 0 Å². The Labute approximate surface area is 195 Å². The molecule has 0 saturated heterocycles. The number of hydrogen-bond acceptors (Lipinski definition) is 5. The number of alkyl halides is 2. The molecule has 0 aliphatic heterocycles. The number of hydrogen-bond donors (Lipinski definition) is 1. The third-order valence-corrected chi connectivity index (χ3v) is 5.11. The minimum absolute atomic E-state index is 0.0511. The molecule has 0 saturated carbocycles. The first-order valence-corrected chi connectivity index (χ1v) is 10.6. The molecule has 0 radical (unpaired) electrons. The van der Waals surface area contributed by atoms with Crippen molar-refractivity contribution in [3.05, 3.63) is 90.1 Å². The first kappa shape index (κ1) is 23.0. The van der Waals surface area contributed by atoms with E-state index in [1.54, 1.807) is 42.6 Å². The van der Waals surface area contributed by atoms with Gasteiger partial charge in [-0.3, -0.25) is 4.79 Å². The molecule has 34 heavy (non-hydrogen) atoms. The highest BCUT2D eigenvalue weighted by Crippen LogP contribution is 2.30. The summed E-state index contributed by atoms with van der Waals surface area (Å²) in [4.78, 5) is 17.2. The molecule has 1 N–H and O–H groups in total. The Kier molecular flexibility index (Phi) is 7.17. The van der Waals surface area contributed by atoms with E-state index >= 15 is 0 Å². The number of halogens is 2. The minimum atomic E-state index is -2.96. The fourth-order valence-electron chi connectivity index (χ4n) is 3.48. The van der Waals surface area contributed by atoms with E-state index in [4.69, 9.17) is 9.15 Å². The third kappa shape index (κ3) is 5.40. The molecule has 4 aromatic rings. The molecular weight excluding hydrogens is 442 g/mol. The molecular formula is C26H22F2N2O4. The van der Waals surface area contributed by atoms with Gasteiger partial charge in [-0.05, 0) is 36.2 Å². The van der Waals surface area contributed by atoms with Crippen molar-refractivity contribution in [3.63, 3.8) is 0 Å². The summed E-state index contributed by atoms with van der Waals surface area (Å²) in [6.45, 7) is -2.67. The minimum Gasteiger partial charge on any atom is -0.493 e. The van der Waals surface area contributed by atoms with Gasteiger partial charge in [-0.2, -0.15) is 8.78 Å². The predicted molar refractivity (Wildman–Crippen MR) is 123 cm³/mol. The van der Waals surface area contributed by atoms with E-state index in [-0.39, 0.29) is 24.0 Å². The number of methoxy groups -OCH3 is 1. The fraction of sp³-hybridized carbons (Fsp3) is 0.154. The number of amides is 1. The van der Waals surface area contributed by atoms with Crippen LogP contribution in [-0.2, 0) is 6.42 Å². The lowest BCUT2D eigenvalue weighted by molar-refractivity contribution is -0.0512. The van der Waals surface area contributed by atoms with Crippen LogP contribution in [0.5, 0.6) is 11.5 Å². The average Bonchev–Trinajstić information content (AvgIpc) is 3.35. The second kappa shape index (κ2) is 10.6. The Hall–Kier alpha value is -4.20. The molecule has 6 nitrogen and oxygen atoms in total. The molecule has 0 bridgehead atoms. The van der Waals surface area contributed by atoms with Crippen LogP contribution < -0.4 is 14.8 Å². The van der Waals surface area contributed by atoms with Crippen LogP contribution in [0.4, 0.5) is 8.78 Å². The highest BCUT2D eigenvalue weighted by molar-refractivity contribution is 6.00. The zero-order chi connectivity index (χ0) is 23.9. The average molecular weight is 464 g/mol. The molecule has 0 atom stereocenters. The Morgan fingerprint density at radius 3 is 2.56 bits per heavy atom. The summed E-state index contributed by atoms with van der Waals surface area (Å²) in [5.41, 5.74) is 2.59. The van der Waals surface area contributed by atoms with E-state index in [1.165, 1.54) is 13.2 Å². The maximum atomic E-state index is 12.9. The lowest BCUT2D eigenvalue weighted by Gasteiger charge is -2.12.